The van der Waals surface area contributed by atoms with Gasteiger partial charge in [-0.3, -0.25) is 9.20 Å². The third-order valence-corrected chi connectivity index (χ3v) is 4.15. The van der Waals surface area contributed by atoms with Gasteiger partial charge >= 0.3 is 6.18 Å². The Morgan fingerprint density at radius 1 is 1.29 bits per heavy atom. The fraction of sp³-hybridized carbons (Fsp3) is 0.200. The van der Waals surface area contributed by atoms with E-state index in [1.807, 2.05) is 0 Å². The molecule has 0 atom stereocenters. The molecule has 0 unspecified atom stereocenters. The fourth-order valence-electron chi connectivity index (χ4n) is 2.29. The molecule has 0 saturated heterocycles. The first-order chi connectivity index (χ1) is 11.4. The number of hydrogen-bond donors (Lipinski definition) is 2. The predicted molar refractivity (Wildman–Crippen MR) is 84.9 cm³/mol. The van der Waals surface area contributed by atoms with Gasteiger partial charge in [-0.1, -0.05) is 12.1 Å². The van der Waals surface area contributed by atoms with Crippen LogP contribution < -0.4 is 11.1 Å². The van der Waals surface area contributed by atoms with Gasteiger partial charge in [0.25, 0.3) is 5.91 Å². The van der Waals surface area contributed by atoms with Crippen LogP contribution in [-0.4, -0.2) is 28.4 Å². The van der Waals surface area contributed by atoms with Crippen molar-refractivity contribution in [2.75, 3.05) is 13.1 Å². The predicted octanol–water partition coefficient (Wildman–Crippen LogP) is 2.77. The standard InChI is InChI=1S/C15H13F3N4OS/c16-15(17,18)10-3-1-9(2-4-10)11-12(13(23)20-6-5-19)22-7-8-24-14(22)21-11/h1-4,7-8H,5-6,19H2,(H,20,23). The van der Waals surface area contributed by atoms with Gasteiger partial charge in [-0.15, -0.1) is 11.3 Å². The van der Waals surface area contributed by atoms with Crippen LogP contribution in [0.25, 0.3) is 16.2 Å². The Morgan fingerprint density at radius 2 is 2.00 bits per heavy atom. The van der Waals surface area contributed by atoms with E-state index in [1.165, 1.54) is 23.5 Å². The average molecular weight is 354 g/mol. The molecule has 126 valence electrons. The molecule has 0 aliphatic heterocycles. The molecule has 0 radical (unpaired) electrons. The summed E-state index contributed by atoms with van der Waals surface area (Å²) >= 11 is 1.33. The number of nitrogens with one attached hydrogen (secondary N) is 1. The van der Waals surface area contributed by atoms with E-state index in [-0.39, 0.29) is 18.1 Å². The summed E-state index contributed by atoms with van der Waals surface area (Å²) < 4.78 is 39.7. The molecule has 0 aliphatic carbocycles. The molecule has 3 N–H and O–H groups in total. The van der Waals surface area contributed by atoms with Gasteiger partial charge in [0, 0.05) is 30.2 Å². The number of amides is 1. The zero-order chi connectivity index (χ0) is 17.3. The number of nitrogens with two attached hydrogens (primary N) is 1. The van der Waals surface area contributed by atoms with Crippen LogP contribution in [0.15, 0.2) is 35.8 Å². The number of benzene rings is 1. The first-order valence-corrected chi connectivity index (χ1v) is 7.91. The molecule has 0 bridgehead atoms. The molecule has 2 heterocycles. The second kappa shape index (κ2) is 6.25. The molecule has 0 saturated carbocycles. The van der Waals surface area contributed by atoms with Crippen LogP contribution in [0.1, 0.15) is 16.1 Å². The van der Waals surface area contributed by atoms with Gasteiger partial charge in [0.15, 0.2) is 4.96 Å². The van der Waals surface area contributed by atoms with Crippen LogP contribution in [0.2, 0.25) is 0 Å². The molecular weight excluding hydrogens is 341 g/mol. The topological polar surface area (TPSA) is 72.4 Å². The summed E-state index contributed by atoms with van der Waals surface area (Å²) in [5, 5.41) is 4.44. The van der Waals surface area contributed by atoms with Crippen molar-refractivity contribution in [2.45, 2.75) is 6.18 Å². The summed E-state index contributed by atoms with van der Waals surface area (Å²) in [7, 11) is 0. The van der Waals surface area contributed by atoms with Crippen molar-refractivity contribution in [3.8, 4) is 11.3 Å². The maximum Gasteiger partial charge on any atom is 0.416 e. The summed E-state index contributed by atoms with van der Waals surface area (Å²) in [5.41, 5.74) is 5.70. The highest BCUT2D eigenvalue weighted by Crippen LogP contribution is 2.32. The van der Waals surface area contributed by atoms with E-state index in [1.54, 1.807) is 16.0 Å². The Labute approximate surface area is 138 Å². The van der Waals surface area contributed by atoms with Gasteiger partial charge in [0.05, 0.1) is 5.56 Å². The molecule has 0 fully saturated rings. The molecule has 0 aliphatic rings. The molecule has 5 nitrogen and oxygen atoms in total. The van der Waals surface area contributed by atoms with E-state index in [2.05, 4.69) is 10.3 Å². The van der Waals surface area contributed by atoms with Crippen molar-refractivity contribution in [2.24, 2.45) is 5.73 Å². The molecular formula is C15H13F3N4OS. The summed E-state index contributed by atoms with van der Waals surface area (Å²) in [6, 6.07) is 4.58. The highest BCUT2D eigenvalue weighted by Gasteiger charge is 2.30. The third-order valence-electron chi connectivity index (χ3n) is 3.39. The number of nitrogens with zero attached hydrogens (tertiary/aromatic N) is 2. The maximum absolute atomic E-state index is 12.7. The normalized spacial score (nSPS) is 11.8. The molecule has 9 heteroatoms. The van der Waals surface area contributed by atoms with Gasteiger partial charge in [-0.25, -0.2) is 4.98 Å². The minimum absolute atomic E-state index is 0.277. The van der Waals surface area contributed by atoms with Crippen molar-refractivity contribution in [3.63, 3.8) is 0 Å². The van der Waals surface area contributed by atoms with E-state index in [4.69, 9.17) is 5.73 Å². The lowest BCUT2D eigenvalue weighted by atomic mass is 10.1. The summed E-state index contributed by atoms with van der Waals surface area (Å²) in [5.74, 6) is -0.374. The molecule has 0 spiro atoms. The Morgan fingerprint density at radius 3 is 2.62 bits per heavy atom. The van der Waals surface area contributed by atoms with E-state index in [0.717, 1.165) is 12.1 Å². The lowest BCUT2D eigenvalue weighted by molar-refractivity contribution is -0.137. The third kappa shape index (κ3) is 3.00. The summed E-state index contributed by atoms with van der Waals surface area (Å²) in [6.07, 6.45) is -2.72. The van der Waals surface area contributed by atoms with Gasteiger partial charge in [-0.2, -0.15) is 13.2 Å². The van der Waals surface area contributed by atoms with Crippen LogP contribution >= 0.6 is 11.3 Å². The largest absolute Gasteiger partial charge is 0.416 e. The monoisotopic (exact) mass is 354 g/mol. The molecule has 3 rings (SSSR count). The average Bonchev–Trinajstić information content (AvgIpc) is 3.12. The fourth-order valence-corrected chi connectivity index (χ4v) is 3.00. The summed E-state index contributed by atoms with van der Waals surface area (Å²) in [4.78, 5) is 17.4. The highest BCUT2D eigenvalue weighted by atomic mass is 32.1. The van der Waals surface area contributed by atoms with Crippen LogP contribution in [0.3, 0.4) is 0 Å². The van der Waals surface area contributed by atoms with Crippen LogP contribution in [0.5, 0.6) is 0 Å². The molecule has 1 amide bonds. The van der Waals surface area contributed by atoms with Gasteiger partial charge in [-0.05, 0) is 12.1 Å². The van der Waals surface area contributed by atoms with Crippen LogP contribution in [0, 0.1) is 0 Å². The van der Waals surface area contributed by atoms with Crippen molar-refractivity contribution in [1.82, 2.24) is 14.7 Å². The number of alkyl halides is 3. The Bertz CT molecular complexity index is 867. The van der Waals surface area contributed by atoms with E-state index >= 15 is 0 Å². The number of carbonyl (C=O) groups is 1. The minimum atomic E-state index is -4.41. The molecule has 2 aromatic heterocycles. The second-order valence-electron chi connectivity index (χ2n) is 4.98. The lowest BCUT2D eigenvalue weighted by Crippen LogP contribution is -2.30. The van der Waals surface area contributed by atoms with Gasteiger partial charge in [0.1, 0.15) is 11.4 Å². The smallest absolute Gasteiger partial charge is 0.349 e. The number of carbonyl (C=O) groups excluding carboxylic acids is 1. The van der Waals surface area contributed by atoms with Crippen molar-refractivity contribution in [3.05, 3.63) is 47.1 Å². The molecule has 24 heavy (non-hydrogen) atoms. The molecule has 3 aromatic rings. The SMILES string of the molecule is NCCNC(=O)c1c(-c2ccc(C(F)(F)F)cc2)nc2sccn12. The molecule has 1 aromatic carbocycles. The number of halogens is 3. The first kappa shape index (κ1) is 16.5. The van der Waals surface area contributed by atoms with E-state index < -0.39 is 11.7 Å². The number of aromatic nitrogens is 2. The number of thiazole rings is 1. The van der Waals surface area contributed by atoms with E-state index in [9.17, 15) is 18.0 Å². The number of rotatable bonds is 4. The van der Waals surface area contributed by atoms with Gasteiger partial charge in [0.2, 0.25) is 0 Å². The van der Waals surface area contributed by atoms with Crippen molar-refractivity contribution in [1.29, 1.82) is 0 Å². The highest BCUT2D eigenvalue weighted by molar-refractivity contribution is 7.15. The van der Waals surface area contributed by atoms with Crippen LogP contribution in [0.4, 0.5) is 13.2 Å². The van der Waals surface area contributed by atoms with Crippen LogP contribution in [-0.2, 0) is 6.18 Å². The summed E-state index contributed by atoms with van der Waals surface area (Å²) in [6.45, 7) is 0.579. The zero-order valence-electron chi connectivity index (χ0n) is 12.3. The van der Waals surface area contributed by atoms with Crippen molar-refractivity contribution >= 4 is 22.2 Å². The quantitative estimate of drug-likeness (QED) is 0.757. The zero-order valence-corrected chi connectivity index (χ0v) is 13.1. The Hall–Kier alpha value is -2.39. The van der Waals surface area contributed by atoms with Gasteiger partial charge < -0.3 is 11.1 Å². The number of fused-ring (bicyclic) bond motifs is 1. The Kier molecular flexibility index (Phi) is 4.29. The number of hydrogen-bond acceptors (Lipinski definition) is 4. The van der Waals surface area contributed by atoms with E-state index in [0.29, 0.717) is 22.8 Å². The minimum Gasteiger partial charge on any atom is -0.349 e. The second-order valence-corrected chi connectivity index (χ2v) is 5.86. The Balaban J connectivity index is 2.05. The number of imidazole rings is 1. The van der Waals surface area contributed by atoms with Crippen molar-refractivity contribution < 1.29 is 18.0 Å². The lowest BCUT2D eigenvalue weighted by Gasteiger charge is -2.08. The first-order valence-electron chi connectivity index (χ1n) is 7.03. The maximum atomic E-state index is 12.7.